The van der Waals surface area contributed by atoms with Gasteiger partial charge in [0, 0.05) is 13.1 Å². The molecule has 1 fully saturated rings. The third-order valence-electron chi connectivity index (χ3n) is 2.81. The molecule has 0 aliphatic carbocycles. The van der Waals surface area contributed by atoms with E-state index in [0.717, 1.165) is 11.3 Å². The Kier molecular flexibility index (Phi) is 5.07. The standard InChI is InChI=1S/C10H18F2N2O3/c1-2-3-13-10(17)14-4-6(9(11)12)8(16)7(15)5-14/h6-9,15-16H,2-5H2,1H3,(H,13,17)/t6?,7-,8-/m1/s1. The van der Waals surface area contributed by atoms with Crippen molar-refractivity contribution in [3.05, 3.63) is 0 Å². The van der Waals surface area contributed by atoms with Crippen molar-refractivity contribution in [2.45, 2.75) is 32.0 Å². The van der Waals surface area contributed by atoms with Gasteiger partial charge in [-0.3, -0.25) is 0 Å². The molecule has 0 aromatic rings. The molecule has 0 bridgehead atoms. The Morgan fingerprint density at radius 3 is 2.65 bits per heavy atom. The zero-order valence-corrected chi connectivity index (χ0v) is 9.64. The molecule has 0 spiro atoms. The van der Waals surface area contributed by atoms with Crippen LogP contribution in [0.2, 0.25) is 0 Å². The first-order valence-corrected chi connectivity index (χ1v) is 5.64. The number of hydrogen-bond acceptors (Lipinski definition) is 3. The summed E-state index contributed by atoms with van der Waals surface area (Å²) >= 11 is 0. The van der Waals surface area contributed by atoms with Crippen LogP contribution in [0.25, 0.3) is 0 Å². The van der Waals surface area contributed by atoms with Crippen LogP contribution in [-0.2, 0) is 0 Å². The Hall–Kier alpha value is -0.950. The second-order valence-electron chi connectivity index (χ2n) is 4.19. The van der Waals surface area contributed by atoms with Crippen LogP contribution in [0.4, 0.5) is 13.6 Å². The number of urea groups is 1. The van der Waals surface area contributed by atoms with Crippen LogP contribution in [0.5, 0.6) is 0 Å². The highest BCUT2D eigenvalue weighted by atomic mass is 19.3. The van der Waals surface area contributed by atoms with E-state index in [1.807, 2.05) is 6.92 Å². The normalized spacial score (nSPS) is 29.5. The number of likely N-dealkylation sites (tertiary alicyclic amines) is 1. The molecular formula is C10H18F2N2O3. The summed E-state index contributed by atoms with van der Waals surface area (Å²) in [6, 6.07) is -0.483. The van der Waals surface area contributed by atoms with Gasteiger partial charge < -0.3 is 20.4 Å². The Morgan fingerprint density at radius 1 is 1.47 bits per heavy atom. The van der Waals surface area contributed by atoms with Crippen molar-refractivity contribution in [3.63, 3.8) is 0 Å². The fourth-order valence-electron chi connectivity index (χ4n) is 1.79. The van der Waals surface area contributed by atoms with Crippen molar-refractivity contribution in [1.29, 1.82) is 0 Å². The minimum atomic E-state index is -2.76. The number of aliphatic hydroxyl groups is 2. The highest BCUT2D eigenvalue weighted by Crippen LogP contribution is 2.23. The SMILES string of the molecule is CCCNC(=O)N1CC(C(F)F)[C@@H](O)[C@H](O)C1. The highest BCUT2D eigenvalue weighted by Gasteiger charge is 2.41. The van der Waals surface area contributed by atoms with Crippen LogP contribution in [0, 0.1) is 5.92 Å². The number of amides is 2. The maximum atomic E-state index is 12.6. The first kappa shape index (κ1) is 14.1. The van der Waals surface area contributed by atoms with E-state index < -0.39 is 30.6 Å². The molecule has 3 atom stereocenters. The van der Waals surface area contributed by atoms with Gasteiger partial charge in [-0.25, -0.2) is 13.6 Å². The van der Waals surface area contributed by atoms with Gasteiger partial charge in [-0.15, -0.1) is 0 Å². The first-order valence-electron chi connectivity index (χ1n) is 5.64. The van der Waals surface area contributed by atoms with Gasteiger partial charge in [0.05, 0.1) is 24.7 Å². The summed E-state index contributed by atoms with van der Waals surface area (Å²) in [5.41, 5.74) is 0. The number of hydrogen-bond donors (Lipinski definition) is 3. The van der Waals surface area contributed by atoms with Gasteiger partial charge in [-0.2, -0.15) is 0 Å². The summed E-state index contributed by atoms with van der Waals surface area (Å²) in [6.07, 6.45) is -4.83. The number of alkyl halides is 2. The average Bonchev–Trinajstić information content (AvgIpc) is 2.28. The average molecular weight is 252 g/mol. The van der Waals surface area contributed by atoms with Crippen molar-refractivity contribution in [2.75, 3.05) is 19.6 Å². The molecule has 100 valence electrons. The van der Waals surface area contributed by atoms with Crippen LogP contribution < -0.4 is 5.32 Å². The number of nitrogens with zero attached hydrogens (tertiary/aromatic N) is 1. The van der Waals surface area contributed by atoms with E-state index in [0.29, 0.717) is 6.54 Å². The summed E-state index contributed by atoms with van der Waals surface area (Å²) in [5, 5.41) is 21.4. The monoisotopic (exact) mass is 252 g/mol. The summed E-state index contributed by atoms with van der Waals surface area (Å²) in [6.45, 7) is 1.95. The number of β-amino-alcohol motifs (C(OH)–C–C–N with tert-alkyl or cyclic N) is 1. The van der Waals surface area contributed by atoms with Crippen molar-refractivity contribution < 1.29 is 23.8 Å². The lowest BCUT2D eigenvalue weighted by atomic mass is 9.93. The molecule has 1 aliphatic heterocycles. The number of carbonyl (C=O) groups is 1. The summed E-state index contributed by atoms with van der Waals surface area (Å²) in [5.74, 6) is -1.40. The van der Waals surface area contributed by atoms with Gasteiger partial charge in [-0.1, -0.05) is 6.92 Å². The Bertz CT molecular complexity index is 266. The van der Waals surface area contributed by atoms with Gasteiger partial charge in [0.15, 0.2) is 0 Å². The zero-order valence-electron chi connectivity index (χ0n) is 9.64. The van der Waals surface area contributed by atoms with Crippen LogP contribution in [0.1, 0.15) is 13.3 Å². The molecule has 3 N–H and O–H groups in total. The fourth-order valence-corrected chi connectivity index (χ4v) is 1.79. The Labute approximate surface area is 98.4 Å². The number of halogens is 2. The fraction of sp³-hybridized carbons (Fsp3) is 0.900. The molecule has 1 aliphatic rings. The van der Waals surface area contributed by atoms with Crippen LogP contribution in [0.15, 0.2) is 0 Å². The lowest BCUT2D eigenvalue weighted by Gasteiger charge is -2.38. The molecule has 7 heteroatoms. The van der Waals surface area contributed by atoms with Gasteiger partial charge >= 0.3 is 6.03 Å². The predicted octanol–water partition coefficient (Wildman–Crippen LogP) is 0.0247. The lowest BCUT2D eigenvalue weighted by Crippen LogP contribution is -2.58. The summed E-state index contributed by atoms with van der Waals surface area (Å²) in [7, 11) is 0. The van der Waals surface area contributed by atoms with Crippen LogP contribution in [-0.4, -0.2) is 59.4 Å². The van der Waals surface area contributed by atoms with Gasteiger partial charge in [0.1, 0.15) is 0 Å². The Morgan fingerprint density at radius 2 is 2.12 bits per heavy atom. The molecule has 1 unspecified atom stereocenters. The molecular weight excluding hydrogens is 234 g/mol. The number of aliphatic hydroxyl groups excluding tert-OH is 2. The molecule has 1 rings (SSSR count). The summed E-state index contributed by atoms with van der Waals surface area (Å²) in [4.78, 5) is 12.7. The van der Waals surface area contributed by atoms with Crippen molar-refractivity contribution >= 4 is 6.03 Å². The van der Waals surface area contributed by atoms with E-state index >= 15 is 0 Å². The van der Waals surface area contributed by atoms with Crippen molar-refractivity contribution in [1.82, 2.24) is 10.2 Å². The van der Waals surface area contributed by atoms with Gasteiger partial charge in [0.25, 0.3) is 0 Å². The number of nitrogens with one attached hydrogen (secondary N) is 1. The summed E-state index contributed by atoms with van der Waals surface area (Å²) < 4.78 is 25.2. The maximum Gasteiger partial charge on any atom is 0.317 e. The molecule has 0 radical (unpaired) electrons. The molecule has 17 heavy (non-hydrogen) atoms. The molecule has 0 aromatic heterocycles. The molecule has 1 saturated heterocycles. The first-order chi connectivity index (χ1) is 7.97. The maximum absolute atomic E-state index is 12.6. The van der Waals surface area contributed by atoms with Crippen molar-refractivity contribution in [3.8, 4) is 0 Å². The lowest BCUT2D eigenvalue weighted by molar-refractivity contribution is -0.107. The van der Waals surface area contributed by atoms with Crippen LogP contribution in [0.3, 0.4) is 0 Å². The van der Waals surface area contributed by atoms with E-state index in [9.17, 15) is 23.8 Å². The largest absolute Gasteiger partial charge is 0.390 e. The second-order valence-corrected chi connectivity index (χ2v) is 4.19. The molecule has 5 nitrogen and oxygen atoms in total. The van der Waals surface area contributed by atoms with Gasteiger partial charge in [-0.05, 0) is 6.42 Å². The zero-order chi connectivity index (χ0) is 13.0. The predicted molar refractivity (Wildman–Crippen MR) is 56.8 cm³/mol. The van der Waals surface area contributed by atoms with Crippen molar-refractivity contribution in [2.24, 2.45) is 5.92 Å². The smallest absolute Gasteiger partial charge is 0.317 e. The highest BCUT2D eigenvalue weighted by molar-refractivity contribution is 5.74. The van der Waals surface area contributed by atoms with E-state index in [2.05, 4.69) is 5.32 Å². The third-order valence-corrected chi connectivity index (χ3v) is 2.81. The molecule has 2 amide bonds. The third kappa shape index (κ3) is 3.50. The van der Waals surface area contributed by atoms with Gasteiger partial charge in [0.2, 0.25) is 6.43 Å². The minimum absolute atomic E-state index is 0.125. The Balaban J connectivity index is 2.60. The number of rotatable bonds is 3. The molecule has 0 saturated carbocycles. The van der Waals surface area contributed by atoms with E-state index in [4.69, 9.17) is 0 Å². The topological polar surface area (TPSA) is 72.8 Å². The number of piperidine rings is 1. The number of carbonyl (C=O) groups excluding carboxylic acids is 1. The minimum Gasteiger partial charge on any atom is -0.390 e. The second kappa shape index (κ2) is 6.11. The molecule has 1 heterocycles. The van der Waals surface area contributed by atoms with E-state index in [1.54, 1.807) is 0 Å². The van der Waals surface area contributed by atoms with Crippen LogP contribution >= 0.6 is 0 Å². The molecule has 0 aromatic carbocycles. The quantitative estimate of drug-likeness (QED) is 0.663. The van der Waals surface area contributed by atoms with E-state index in [1.165, 1.54) is 0 Å². The van der Waals surface area contributed by atoms with E-state index in [-0.39, 0.29) is 13.1 Å².